The molecule has 1 amide bonds. The van der Waals surface area contributed by atoms with E-state index in [9.17, 15) is 18.5 Å². The van der Waals surface area contributed by atoms with Crippen LogP contribution in [0.4, 0.5) is 5.69 Å². The predicted octanol–water partition coefficient (Wildman–Crippen LogP) is 3.79. The fourth-order valence-corrected chi connectivity index (χ4v) is 6.90. The summed E-state index contributed by atoms with van der Waals surface area (Å²) in [6.07, 6.45) is 8.16. The van der Waals surface area contributed by atoms with E-state index < -0.39 is 15.4 Å². The maximum Gasteiger partial charge on any atom is 0.230 e. The number of benzene rings is 1. The van der Waals surface area contributed by atoms with Gasteiger partial charge < -0.3 is 14.6 Å². The first-order valence-corrected chi connectivity index (χ1v) is 15.7. The number of nitrogens with one attached hydrogen (secondary N) is 1. The molecule has 2 aromatic heterocycles. The number of hydrogen-bond acceptors (Lipinski definition) is 9. The van der Waals surface area contributed by atoms with E-state index in [1.54, 1.807) is 12.4 Å². The summed E-state index contributed by atoms with van der Waals surface area (Å²) in [6.45, 7) is 2.75. The molecule has 2 unspecified atom stereocenters. The molecule has 1 aliphatic heterocycles. The van der Waals surface area contributed by atoms with Gasteiger partial charge in [0.15, 0.2) is 9.84 Å². The van der Waals surface area contributed by atoms with Gasteiger partial charge in [-0.3, -0.25) is 4.79 Å². The summed E-state index contributed by atoms with van der Waals surface area (Å²) >= 11 is 0. The molecule has 3 fully saturated rings. The van der Waals surface area contributed by atoms with Crippen LogP contribution < -0.4 is 10.2 Å². The minimum absolute atomic E-state index is 0.0956. The molecule has 3 aromatic rings. The van der Waals surface area contributed by atoms with Gasteiger partial charge in [-0.25, -0.2) is 23.4 Å². The molecule has 0 spiro atoms. The highest BCUT2D eigenvalue weighted by molar-refractivity contribution is 7.91. The van der Waals surface area contributed by atoms with Crippen molar-refractivity contribution in [2.75, 3.05) is 29.5 Å². The Hall–Kier alpha value is -3.78. The van der Waals surface area contributed by atoms with Crippen LogP contribution >= 0.6 is 0 Å². The number of rotatable bonds is 6. The number of carbonyl (C=O) groups excluding carboxylic acids is 1. The van der Waals surface area contributed by atoms with Crippen LogP contribution in [0.1, 0.15) is 56.0 Å². The largest absolute Gasteiger partial charge is 0.440 e. The van der Waals surface area contributed by atoms with Crippen molar-refractivity contribution in [1.29, 1.82) is 5.26 Å². The molecular weight excluding hydrogens is 528 g/mol. The van der Waals surface area contributed by atoms with Gasteiger partial charge in [-0.2, -0.15) is 5.26 Å². The SMILES string of the molecule is Cc1ncc(-c2nc(-c3ccc(N4CCS(=O)(=O)CC4)cc3)c(C3CCCCC3C(=O)NC3(C#N)CC3)o2)cn1. The zero-order chi connectivity index (χ0) is 27.9. The van der Waals surface area contributed by atoms with Gasteiger partial charge >= 0.3 is 0 Å². The van der Waals surface area contributed by atoms with Crippen LogP contribution in [0.3, 0.4) is 0 Å². The molecule has 3 aliphatic rings. The standard InChI is InChI=1S/C29H32N6O4S/c1-19-31-16-21(17-32-19)28-33-25(20-6-8-22(9-7-20)35-12-14-40(37,38)15-13-35)26(39-28)23-4-2-3-5-24(23)27(36)34-29(18-30)10-11-29/h6-9,16-17,23-24H,2-5,10-15H2,1H3,(H,34,36). The van der Waals surface area contributed by atoms with E-state index in [0.717, 1.165) is 36.9 Å². The van der Waals surface area contributed by atoms with E-state index in [4.69, 9.17) is 9.40 Å². The van der Waals surface area contributed by atoms with Gasteiger partial charge in [0.2, 0.25) is 11.8 Å². The van der Waals surface area contributed by atoms with Gasteiger partial charge in [-0.05, 0) is 44.7 Å². The molecule has 10 nitrogen and oxygen atoms in total. The highest BCUT2D eigenvalue weighted by Gasteiger charge is 2.47. The summed E-state index contributed by atoms with van der Waals surface area (Å²) in [4.78, 5) is 29.0. The van der Waals surface area contributed by atoms with Crippen molar-refractivity contribution in [2.24, 2.45) is 5.92 Å². The second kappa shape index (κ2) is 10.3. The summed E-state index contributed by atoms with van der Waals surface area (Å²) in [5.41, 5.74) is 2.41. The molecule has 6 rings (SSSR count). The fraction of sp³-hybridized carbons (Fsp3) is 0.483. The molecule has 40 heavy (non-hydrogen) atoms. The van der Waals surface area contributed by atoms with Crippen molar-refractivity contribution in [3.63, 3.8) is 0 Å². The van der Waals surface area contributed by atoms with Crippen molar-refractivity contribution in [2.45, 2.75) is 56.9 Å². The molecule has 3 heterocycles. The number of nitriles is 1. The third-order valence-corrected chi connectivity index (χ3v) is 9.91. The Bertz CT molecular complexity index is 1540. The number of oxazole rings is 1. The van der Waals surface area contributed by atoms with Gasteiger partial charge in [0, 0.05) is 48.6 Å². The summed E-state index contributed by atoms with van der Waals surface area (Å²) in [5.74, 6) is 1.42. The van der Waals surface area contributed by atoms with Crippen LogP contribution in [0.15, 0.2) is 41.1 Å². The number of carbonyl (C=O) groups is 1. The van der Waals surface area contributed by atoms with Crippen molar-refractivity contribution in [3.8, 4) is 28.8 Å². The molecule has 2 saturated carbocycles. The van der Waals surface area contributed by atoms with Crippen molar-refractivity contribution < 1.29 is 17.6 Å². The van der Waals surface area contributed by atoms with Crippen molar-refractivity contribution in [3.05, 3.63) is 48.2 Å². The summed E-state index contributed by atoms with van der Waals surface area (Å²) < 4.78 is 30.2. The summed E-state index contributed by atoms with van der Waals surface area (Å²) in [7, 11) is -2.97. The highest BCUT2D eigenvalue weighted by Crippen LogP contribution is 2.45. The number of aryl methyl sites for hydroxylation is 1. The third kappa shape index (κ3) is 5.32. The quantitative estimate of drug-likeness (QED) is 0.476. The average Bonchev–Trinajstić information content (AvgIpc) is 3.60. The molecule has 2 aliphatic carbocycles. The predicted molar refractivity (Wildman–Crippen MR) is 149 cm³/mol. The second-order valence-corrected chi connectivity index (χ2v) is 13.4. The molecule has 1 N–H and O–H groups in total. The van der Waals surface area contributed by atoms with Crippen LogP contribution in [0.5, 0.6) is 0 Å². The number of hydrogen-bond donors (Lipinski definition) is 1. The Kier molecular flexibility index (Phi) is 6.82. The Morgan fingerprint density at radius 3 is 2.40 bits per heavy atom. The topological polar surface area (TPSA) is 142 Å². The monoisotopic (exact) mass is 560 g/mol. The van der Waals surface area contributed by atoms with Gasteiger partial charge in [0.1, 0.15) is 22.8 Å². The Labute approximate surface area is 233 Å². The smallest absolute Gasteiger partial charge is 0.230 e. The molecule has 1 saturated heterocycles. The first-order chi connectivity index (χ1) is 19.3. The number of nitrogens with zero attached hydrogens (tertiary/aromatic N) is 5. The van der Waals surface area contributed by atoms with E-state index in [-0.39, 0.29) is 29.2 Å². The zero-order valence-corrected chi connectivity index (χ0v) is 23.3. The van der Waals surface area contributed by atoms with Gasteiger partial charge in [0.25, 0.3) is 0 Å². The van der Waals surface area contributed by atoms with Crippen LogP contribution in [-0.2, 0) is 14.6 Å². The average molecular weight is 561 g/mol. The van der Waals surface area contributed by atoms with Crippen LogP contribution in [0, 0.1) is 24.2 Å². The zero-order valence-electron chi connectivity index (χ0n) is 22.5. The number of aromatic nitrogens is 3. The molecule has 208 valence electrons. The lowest BCUT2D eigenvalue weighted by Crippen LogP contribution is -2.42. The van der Waals surface area contributed by atoms with Crippen LogP contribution in [0.2, 0.25) is 0 Å². The van der Waals surface area contributed by atoms with E-state index in [1.165, 1.54) is 0 Å². The fourth-order valence-electron chi connectivity index (χ4n) is 5.69. The maximum absolute atomic E-state index is 13.4. The lowest BCUT2D eigenvalue weighted by Gasteiger charge is -2.30. The van der Waals surface area contributed by atoms with Gasteiger partial charge in [-0.15, -0.1) is 0 Å². The molecule has 0 radical (unpaired) electrons. The normalized spacial score (nSPS) is 23.2. The van der Waals surface area contributed by atoms with Crippen molar-refractivity contribution >= 4 is 21.4 Å². The number of anilines is 1. The van der Waals surface area contributed by atoms with Gasteiger partial charge in [0.05, 0.1) is 23.1 Å². The first kappa shape index (κ1) is 26.4. The molecule has 2 atom stereocenters. The third-order valence-electron chi connectivity index (χ3n) is 8.30. The minimum Gasteiger partial charge on any atom is -0.440 e. The maximum atomic E-state index is 13.4. The highest BCUT2D eigenvalue weighted by atomic mass is 32.2. The number of sulfone groups is 1. The first-order valence-electron chi connectivity index (χ1n) is 13.8. The van der Waals surface area contributed by atoms with Gasteiger partial charge in [-0.1, -0.05) is 25.0 Å². The van der Waals surface area contributed by atoms with Crippen LogP contribution in [-0.4, -0.2) is 59.4 Å². The lowest BCUT2D eigenvalue weighted by molar-refractivity contribution is -0.127. The Balaban J connectivity index is 1.35. The van der Waals surface area contributed by atoms with E-state index in [2.05, 4.69) is 26.3 Å². The van der Waals surface area contributed by atoms with E-state index >= 15 is 0 Å². The van der Waals surface area contributed by atoms with Crippen molar-refractivity contribution in [1.82, 2.24) is 20.3 Å². The summed E-state index contributed by atoms with van der Waals surface area (Å²) in [5, 5.41) is 12.5. The summed E-state index contributed by atoms with van der Waals surface area (Å²) in [6, 6.07) is 10.2. The van der Waals surface area contributed by atoms with E-state index in [1.807, 2.05) is 31.2 Å². The molecule has 11 heteroatoms. The number of amides is 1. The lowest BCUT2D eigenvalue weighted by atomic mass is 9.76. The Morgan fingerprint density at radius 2 is 1.75 bits per heavy atom. The molecule has 0 bridgehead atoms. The minimum atomic E-state index is -2.97. The molecule has 1 aromatic carbocycles. The van der Waals surface area contributed by atoms with Crippen LogP contribution in [0.25, 0.3) is 22.7 Å². The molecular formula is C29H32N6O4S. The van der Waals surface area contributed by atoms with E-state index in [0.29, 0.717) is 54.7 Å². The second-order valence-electron chi connectivity index (χ2n) is 11.1. The Morgan fingerprint density at radius 1 is 1.07 bits per heavy atom.